The molecular weight excluding hydrogens is 220 g/mol. The van der Waals surface area contributed by atoms with Crippen LogP contribution in [0.25, 0.3) is 11.0 Å². The molecule has 94 valence electrons. The van der Waals surface area contributed by atoms with Gasteiger partial charge in [0.15, 0.2) is 0 Å². The van der Waals surface area contributed by atoms with Gasteiger partial charge in [0.05, 0.1) is 17.4 Å². The number of aryl methyl sites for hydroxylation is 1. The van der Waals surface area contributed by atoms with Crippen molar-refractivity contribution in [3.05, 3.63) is 41.7 Å². The summed E-state index contributed by atoms with van der Waals surface area (Å²) in [7, 11) is 0. The van der Waals surface area contributed by atoms with E-state index in [-0.39, 0.29) is 0 Å². The minimum Gasteiger partial charge on any atom is -0.212 e. The third-order valence-corrected chi connectivity index (χ3v) is 4.25. The smallest absolute Gasteiger partial charge is 0.212 e. The van der Waals surface area contributed by atoms with E-state index in [1.165, 1.54) is 23.1 Å². The molecule has 0 aliphatic heterocycles. The van der Waals surface area contributed by atoms with Crippen LogP contribution in [0.3, 0.4) is 0 Å². The Labute approximate surface area is 109 Å². The summed E-state index contributed by atoms with van der Waals surface area (Å²) < 4.78 is 6.05. The van der Waals surface area contributed by atoms with Gasteiger partial charge in [-0.05, 0) is 36.3 Å². The van der Waals surface area contributed by atoms with Crippen LogP contribution in [0, 0.1) is 11.3 Å². The number of benzene rings is 1. The Kier molecular flexibility index (Phi) is 2.65. The Balaban J connectivity index is 2.03. The van der Waals surface area contributed by atoms with Gasteiger partial charge in [0.2, 0.25) is 0 Å². The predicted octanol–water partition coefficient (Wildman–Crippen LogP) is 4.86. The molecule has 2 aromatic rings. The molecule has 0 amide bonds. The molecule has 0 saturated carbocycles. The second-order valence-electron chi connectivity index (χ2n) is 6.54. The van der Waals surface area contributed by atoms with E-state index < -0.39 is 0 Å². The largest absolute Gasteiger partial charge is 0.360 e. The lowest BCUT2D eigenvalue weighted by Crippen LogP contribution is -2.26. The van der Waals surface area contributed by atoms with Crippen molar-refractivity contribution in [2.45, 2.75) is 40.0 Å². The maximum Gasteiger partial charge on any atom is 0.360 e. The second kappa shape index (κ2) is 4.08. The Hall–Kier alpha value is -1.37. The van der Waals surface area contributed by atoms with Crippen LogP contribution in [0.1, 0.15) is 38.5 Å². The highest BCUT2D eigenvalue weighted by atomic mass is 16.3. The fraction of sp³-hybridized carbons (Fsp3) is 0.471. The number of hydrogen-bond donors (Lipinski definition) is 0. The summed E-state index contributed by atoms with van der Waals surface area (Å²) >= 11 is 0. The van der Waals surface area contributed by atoms with Crippen LogP contribution < -0.4 is 0 Å². The van der Waals surface area contributed by atoms with E-state index in [1.807, 2.05) is 6.07 Å². The first-order valence-electron chi connectivity index (χ1n) is 6.88. The first kappa shape index (κ1) is 11.7. The molecule has 0 saturated heterocycles. The Morgan fingerprint density at radius 3 is 2.72 bits per heavy atom. The minimum absolute atomic E-state index is 0.392. The Morgan fingerprint density at radius 1 is 1.17 bits per heavy atom. The van der Waals surface area contributed by atoms with Crippen LogP contribution >= 0.6 is 0 Å². The average Bonchev–Trinajstić information content (AvgIpc) is 2.34. The molecule has 1 nitrogen and oxygen atoms in total. The van der Waals surface area contributed by atoms with Gasteiger partial charge in [0, 0.05) is 6.07 Å². The molecule has 0 spiro atoms. The minimum atomic E-state index is 0.392. The highest BCUT2D eigenvalue weighted by Crippen LogP contribution is 2.38. The van der Waals surface area contributed by atoms with Gasteiger partial charge in [-0.15, -0.1) is 0 Å². The summed E-state index contributed by atoms with van der Waals surface area (Å²) in [6, 6.07) is 10.6. The van der Waals surface area contributed by atoms with Gasteiger partial charge in [-0.2, -0.15) is 0 Å². The van der Waals surface area contributed by atoms with E-state index in [1.54, 1.807) is 0 Å². The third-order valence-electron chi connectivity index (χ3n) is 4.25. The van der Waals surface area contributed by atoms with Gasteiger partial charge >= 0.3 is 11.3 Å². The molecule has 1 aromatic carbocycles. The Bertz CT molecular complexity index is 578. The van der Waals surface area contributed by atoms with E-state index in [2.05, 4.69) is 45.0 Å². The van der Waals surface area contributed by atoms with Gasteiger partial charge in [-0.25, -0.2) is 4.42 Å². The second-order valence-corrected chi connectivity index (χ2v) is 6.54. The lowest BCUT2D eigenvalue weighted by atomic mass is 9.72. The molecule has 1 aromatic heterocycles. The predicted molar refractivity (Wildman–Crippen MR) is 75.6 cm³/mol. The fourth-order valence-corrected chi connectivity index (χ4v) is 2.96. The number of rotatable bonds is 0. The normalized spacial score (nSPS) is 19.8. The molecule has 1 heteroatoms. The molecule has 0 bridgehead atoms. The molecule has 1 heterocycles. The zero-order valence-corrected chi connectivity index (χ0v) is 11.5. The topological polar surface area (TPSA) is 11.3 Å². The van der Waals surface area contributed by atoms with Gasteiger partial charge in [-0.1, -0.05) is 32.9 Å². The van der Waals surface area contributed by atoms with Crippen LogP contribution in [0.4, 0.5) is 0 Å². The van der Waals surface area contributed by atoms with Crippen LogP contribution in [-0.4, -0.2) is 0 Å². The quantitative estimate of drug-likeness (QED) is 0.599. The van der Waals surface area contributed by atoms with Crippen molar-refractivity contribution in [1.82, 2.24) is 0 Å². The SMILES string of the molecule is CC(C)(C)C1CCc2[o+]c3ccccc3cc2C1. The van der Waals surface area contributed by atoms with Crippen LogP contribution in [0.15, 0.2) is 34.7 Å². The highest BCUT2D eigenvalue weighted by molar-refractivity contribution is 5.77. The zero-order valence-electron chi connectivity index (χ0n) is 11.5. The van der Waals surface area contributed by atoms with Crippen molar-refractivity contribution in [3.63, 3.8) is 0 Å². The maximum atomic E-state index is 6.05. The summed E-state index contributed by atoms with van der Waals surface area (Å²) in [6.07, 6.45) is 3.49. The summed E-state index contributed by atoms with van der Waals surface area (Å²) in [5, 5.41) is 1.23. The van der Waals surface area contributed by atoms with E-state index >= 15 is 0 Å². The Morgan fingerprint density at radius 2 is 1.94 bits per heavy atom. The summed E-state index contributed by atoms with van der Waals surface area (Å²) in [4.78, 5) is 0. The summed E-state index contributed by atoms with van der Waals surface area (Å²) in [5.41, 5.74) is 2.83. The molecular formula is C17H21O+. The van der Waals surface area contributed by atoms with Gasteiger partial charge in [0.1, 0.15) is 0 Å². The molecule has 1 aliphatic carbocycles. The van der Waals surface area contributed by atoms with Gasteiger partial charge in [-0.3, -0.25) is 0 Å². The monoisotopic (exact) mass is 241 g/mol. The number of para-hydroxylation sites is 1. The molecule has 1 atom stereocenters. The molecule has 0 fully saturated rings. The van der Waals surface area contributed by atoms with Crippen molar-refractivity contribution < 1.29 is 4.42 Å². The fourth-order valence-electron chi connectivity index (χ4n) is 2.96. The standard InChI is InChI=1S/C17H21O/c1-17(2,3)14-8-9-16-13(11-14)10-12-6-4-5-7-15(12)18-16/h4-7,10,14H,8-9,11H2,1-3H3/q+1. The molecule has 18 heavy (non-hydrogen) atoms. The summed E-state index contributed by atoms with van der Waals surface area (Å²) in [5.74, 6) is 1.97. The molecule has 1 unspecified atom stereocenters. The van der Waals surface area contributed by atoms with Crippen molar-refractivity contribution in [1.29, 1.82) is 0 Å². The lowest BCUT2D eigenvalue weighted by molar-refractivity contribution is 0.208. The van der Waals surface area contributed by atoms with Crippen molar-refractivity contribution >= 4 is 11.0 Å². The maximum absolute atomic E-state index is 6.05. The van der Waals surface area contributed by atoms with E-state index in [4.69, 9.17) is 4.42 Å². The first-order valence-corrected chi connectivity index (χ1v) is 6.88. The van der Waals surface area contributed by atoms with E-state index in [0.717, 1.165) is 24.3 Å². The van der Waals surface area contributed by atoms with Crippen molar-refractivity contribution in [3.8, 4) is 0 Å². The average molecular weight is 241 g/mol. The van der Waals surface area contributed by atoms with Crippen LogP contribution in [0.2, 0.25) is 0 Å². The molecule has 0 N–H and O–H groups in total. The molecule has 1 aliphatic rings. The third kappa shape index (κ3) is 2.03. The molecule has 3 rings (SSSR count). The van der Waals surface area contributed by atoms with Crippen LogP contribution in [0.5, 0.6) is 0 Å². The van der Waals surface area contributed by atoms with Crippen molar-refractivity contribution in [2.24, 2.45) is 11.3 Å². The first-order chi connectivity index (χ1) is 8.54. The lowest BCUT2D eigenvalue weighted by Gasteiger charge is -2.32. The zero-order chi connectivity index (χ0) is 12.8. The highest BCUT2D eigenvalue weighted by Gasteiger charge is 2.33. The van der Waals surface area contributed by atoms with Gasteiger partial charge < -0.3 is 0 Å². The summed E-state index contributed by atoms with van der Waals surface area (Å²) in [6.45, 7) is 7.04. The molecule has 0 radical (unpaired) electrons. The number of fused-ring (bicyclic) bond motifs is 2. The van der Waals surface area contributed by atoms with Crippen LogP contribution in [-0.2, 0) is 12.8 Å². The van der Waals surface area contributed by atoms with E-state index in [9.17, 15) is 0 Å². The number of hydrogen-bond acceptors (Lipinski definition) is 0. The van der Waals surface area contributed by atoms with E-state index in [0.29, 0.717) is 5.41 Å². The van der Waals surface area contributed by atoms with Crippen molar-refractivity contribution in [2.75, 3.05) is 0 Å². The van der Waals surface area contributed by atoms with Gasteiger partial charge in [0.25, 0.3) is 0 Å².